The van der Waals surface area contributed by atoms with Crippen LogP contribution in [0, 0.1) is 19.8 Å². The zero-order valence-corrected chi connectivity index (χ0v) is 6.81. The molecule has 1 rings (SSSR count). The molecular weight excluding hydrogens is 145 g/mol. The van der Waals surface area contributed by atoms with Gasteiger partial charge in [0.05, 0.1) is 12.8 Å². The highest BCUT2D eigenvalue weighted by Crippen LogP contribution is 2.17. The summed E-state index contributed by atoms with van der Waals surface area (Å²) in [4.78, 5) is 3.65. The number of ether oxygens (including phenoxy) is 1. The molecule has 0 saturated carbocycles. The van der Waals surface area contributed by atoms with E-state index < -0.39 is 5.95 Å². The third-order valence-corrected chi connectivity index (χ3v) is 1.52. The lowest BCUT2D eigenvalue weighted by Gasteiger charge is -2.04. The second-order valence-corrected chi connectivity index (χ2v) is 2.38. The molecule has 3 heteroatoms. The lowest BCUT2D eigenvalue weighted by atomic mass is 10.2. The Balaban J connectivity index is 3.21. The van der Waals surface area contributed by atoms with Gasteiger partial charge in [0.25, 0.3) is 0 Å². The van der Waals surface area contributed by atoms with Gasteiger partial charge in [-0.05, 0) is 19.9 Å². The number of hydrogen-bond acceptors (Lipinski definition) is 2. The quantitative estimate of drug-likeness (QED) is 0.577. The minimum absolute atomic E-state index is 0.428. The Morgan fingerprint density at radius 2 is 2.09 bits per heavy atom. The van der Waals surface area contributed by atoms with Crippen molar-refractivity contribution in [1.29, 1.82) is 0 Å². The highest BCUT2D eigenvalue weighted by atomic mass is 19.1. The van der Waals surface area contributed by atoms with Crippen LogP contribution < -0.4 is 4.74 Å². The zero-order chi connectivity index (χ0) is 8.43. The largest absolute Gasteiger partial charge is 0.495 e. The van der Waals surface area contributed by atoms with Gasteiger partial charge in [-0.25, -0.2) is 4.98 Å². The molecule has 11 heavy (non-hydrogen) atoms. The first-order valence-corrected chi connectivity index (χ1v) is 3.33. The Bertz CT molecular complexity index is 273. The number of aromatic nitrogens is 1. The van der Waals surface area contributed by atoms with Crippen molar-refractivity contribution in [1.82, 2.24) is 4.98 Å². The Labute approximate surface area is 65.0 Å². The summed E-state index contributed by atoms with van der Waals surface area (Å²) in [7, 11) is 1.54. The number of halogens is 1. The highest BCUT2D eigenvalue weighted by molar-refractivity contribution is 5.30. The number of aryl methyl sites for hydroxylation is 2. The van der Waals surface area contributed by atoms with E-state index in [9.17, 15) is 4.39 Å². The molecule has 2 nitrogen and oxygen atoms in total. The molecule has 0 aliphatic heterocycles. The van der Waals surface area contributed by atoms with Gasteiger partial charge < -0.3 is 4.74 Å². The van der Waals surface area contributed by atoms with Crippen LogP contribution in [0.5, 0.6) is 5.75 Å². The molecule has 0 saturated heterocycles. The molecule has 0 fully saturated rings. The smallest absolute Gasteiger partial charge is 0.216 e. The van der Waals surface area contributed by atoms with Gasteiger partial charge in [0.1, 0.15) is 5.75 Å². The van der Waals surface area contributed by atoms with Crippen molar-refractivity contribution in [2.75, 3.05) is 7.11 Å². The van der Waals surface area contributed by atoms with Crippen LogP contribution in [0.3, 0.4) is 0 Å². The van der Waals surface area contributed by atoms with Crippen molar-refractivity contribution in [2.24, 2.45) is 0 Å². The van der Waals surface area contributed by atoms with Gasteiger partial charge in [-0.3, -0.25) is 0 Å². The molecule has 0 N–H and O–H groups in total. The first kappa shape index (κ1) is 7.98. The number of pyridine rings is 1. The normalized spacial score (nSPS) is 9.82. The second kappa shape index (κ2) is 2.86. The van der Waals surface area contributed by atoms with E-state index in [1.807, 2.05) is 0 Å². The van der Waals surface area contributed by atoms with Gasteiger partial charge in [0, 0.05) is 5.56 Å². The van der Waals surface area contributed by atoms with E-state index in [2.05, 4.69) is 4.98 Å². The van der Waals surface area contributed by atoms with Crippen molar-refractivity contribution in [3.8, 4) is 5.75 Å². The maximum atomic E-state index is 12.7. The van der Waals surface area contributed by atoms with E-state index in [1.165, 1.54) is 0 Å². The van der Waals surface area contributed by atoms with E-state index >= 15 is 0 Å². The first-order valence-electron chi connectivity index (χ1n) is 3.33. The number of methoxy groups -OCH3 is 1. The van der Waals surface area contributed by atoms with Crippen LogP contribution in [0.25, 0.3) is 0 Å². The monoisotopic (exact) mass is 155 g/mol. The van der Waals surface area contributed by atoms with Crippen LogP contribution in [-0.4, -0.2) is 12.1 Å². The molecule has 0 bridgehead atoms. The molecule has 0 unspecified atom stereocenters. The fourth-order valence-electron chi connectivity index (χ4n) is 0.858. The molecule has 0 atom stereocenters. The molecule has 0 amide bonds. The third-order valence-electron chi connectivity index (χ3n) is 1.52. The maximum Gasteiger partial charge on any atom is 0.216 e. The van der Waals surface area contributed by atoms with Crippen LogP contribution >= 0.6 is 0 Å². The van der Waals surface area contributed by atoms with E-state index in [1.54, 1.807) is 27.0 Å². The lowest BCUT2D eigenvalue weighted by molar-refractivity contribution is 0.405. The average molecular weight is 155 g/mol. The number of nitrogens with zero attached hydrogens (tertiary/aromatic N) is 1. The molecule has 0 spiro atoms. The third kappa shape index (κ3) is 1.48. The topological polar surface area (TPSA) is 22.1 Å². The Kier molecular flexibility index (Phi) is 2.08. The SMILES string of the molecule is COc1cc(C)c(F)nc1C. The summed E-state index contributed by atoms with van der Waals surface area (Å²) in [5, 5.41) is 0. The molecular formula is C8H10FNO. The van der Waals surface area contributed by atoms with Crippen molar-refractivity contribution >= 4 is 0 Å². The molecule has 0 radical (unpaired) electrons. The van der Waals surface area contributed by atoms with E-state index in [0.717, 1.165) is 0 Å². The minimum Gasteiger partial charge on any atom is -0.495 e. The predicted octanol–water partition coefficient (Wildman–Crippen LogP) is 1.85. The molecule has 0 aromatic carbocycles. The summed E-state index contributed by atoms with van der Waals surface area (Å²) in [6.45, 7) is 3.37. The minimum atomic E-state index is -0.428. The zero-order valence-electron chi connectivity index (χ0n) is 6.81. The van der Waals surface area contributed by atoms with E-state index in [0.29, 0.717) is 17.0 Å². The molecule has 0 aliphatic carbocycles. The van der Waals surface area contributed by atoms with Gasteiger partial charge in [0.2, 0.25) is 5.95 Å². The summed E-state index contributed by atoms with van der Waals surface area (Å²) in [5.74, 6) is 0.201. The van der Waals surface area contributed by atoms with Crippen molar-refractivity contribution in [3.05, 3.63) is 23.3 Å². The van der Waals surface area contributed by atoms with Crippen molar-refractivity contribution in [2.45, 2.75) is 13.8 Å². The molecule has 60 valence electrons. The van der Waals surface area contributed by atoms with Crippen LogP contribution in [0.4, 0.5) is 4.39 Å². The average Bonchev–Trinajstić information content (AvgIpc) is 1.97. The Morgan fingerprint density at radius 3 is 2.64 bits per heavy atom. The molecule has 1 aromatic heterocycles. The summed E-state index contributed by atoms with van der Waals surface area (Å²) in [5.41, 5.74) is 1.09. The van der Waals surface area contributed by atoms with Gasteiger partial charge in [-0.1, -0.05) is 0 Å². The van der Waals surface area contributed by atoms with Crippen molar-refractivity contribution in [3.63, 3.8) is 0 Å². The van der Waals surface area contributed by atoms with Gasteiger partial charge in [0.15, 0.2) is 0 Å². The summed E-state index contributed by atoms with van der Waals surface area (Å²) < 4.78 is 17.7. The molecule has 1 heterocycles. The second-order valence-electron chi connectivity index (χ2n) is 2.38. The summed E-state index contributed by atoms with van der Waals surface area (Å²) in [6, 6.07) is 1.64. The van der Waals surface area contributed by atoms with Crippen molar-refractivity contribution < 1.29 is 9.13 Å². The standard InChI is InChI=1S/C8H10FNO/c1-5-4-7(11-3)6(2)10-8(5)9/h4H,1-3H3. The Morgan fingerprint density at radius 1 is 1.45 bits per heavy atom. The molecule has 1 aromatic rings. The Hall–Kier alpha value is -1.12. The summed E-state index contributed by atoms with van der Waals surface area (Å²) in [6.07, 6.45) is 0. The van der Waals surface area contributed by atoms with E-state index in [-0.39, 0.29) is 0 Å². The maximum absolute atomic E-state index is 12.7. The van der Waals surface area contributed by atoms with Gasteiger partial charge in [-0.15, -0.1) is 0 Å². The van der Waals surface area contributed by atoms with Gasteiger partial charge in [-0.2, -0.15) is 4.39 Å². The molecule has 0 aliphatic rings. The van der Waals surface area contributed by atoms with Crippen LogP contribution in [0.2, 0.25) is 0 Å². The number of hydrogen-bond donors (Lipinski definition) is 0. The van der Waals surface area contributed by atoms with Crippen LogP contribution in [0.1, 0.15) is 11.3 Å². The first-order chi connectivity index (χ1) is 5.15. The lowest BCUT2D eigenvalue weighted by Crippen LogP contribution is -1.95. The number of rotatable bonds is 1. The highest BCUT2D eigenvalue weighted by Gasteiger charge is 2.04. The van der Waals surface area contributed by atoms with Crippen LogP contribution in [0.15, 0.2) is 6.07 Å². The summed E-state index contributed by atoms with van der Waals surface area (Å²) >= 11 is 0. The fourth-order valence-corrected chi connectivity index (χ4v) is 0.858. The fraction of sp³-hybridized carbons (Fsp3) is 0.375. The van der Waals surface area contributed by atoms with E-state index in [4.69, 9.17) is 4.74 Å². The predicted molar refractivity (Wildman–Crippen MR) is 40.2 cm³/mol. The van der Waals surface area contributed by atoms with Crippen LogP contribution in [-0.2, 0) is 0 Å². The van der Waals surface area contributed by atoms with Gasteiger partial charge >= 0.3 is 0 Å².